The van der Waals surface area contributed by atoms with Crippen LogP contribution in [-0.4, -0.2) is 20.9 Å². The second-order valence-electron chi connectivity index (χ2n) is 4.81. The highest BCUT2D eigenvalue weighted by Gasteiger charge is 2.05. The number of hydrogen-bond acceptors (Lipinski definition) is 5. The summed E-state index contributed by atoms with van der Waals surface area (Å²) in [7, 11) is 0. The van der Waals surface area contributed by atoms with E-state index in [1.807, 2.05) is 24.3 Å². The molecule has 1 amide bonds. The maximum Gasteiger partial charge on any atom is 0.251 e. The minimum Gasteiger partial charge on any atom is -0.348 e. The van der Waals surface area contributed by atoms with Crippen LogP contribution in [0.1, 0.15) is 15.9 Å². The van der Waals surface area contributed by atoms with Gasteiger partial charge in [-0.2, -0.15) is 0 Å². The number of anilines is 2. The lowest BCUT2D eigenvalue weighted by molar-refractivity contribution is 0.0951. The molecule has 6 nitrogen and oxygen atoms in total. The molecule has 0 atom stereocenters. The van der Waals surface area contributed by atoms with E-state index in [2.05, 4.69) is 25.6 Å². The smallest absolute Gasteiger partial charge is 0.251 e. The minimum absolute atomic E-state index is 0.121. The standard InChI is InChI=1S/C17H15N5O/c23-16(21-12-13-6-10-18-11-7-13)14-2-4-15(5-3-14)22-17-19-8-1-9-20-17/h1-11H,12H2,(H,21,23)(H,19,20,22). The summed E-state index contributed by atoms with van der Waals surface area (Å²) in [6, 6.07) is 12.6. The van der Waals surface area contributed by atoms with Crippen molar-refractivity contribution in [1.82, 2.24) is 20.3 Å². The molecule has 0 aliphatic carbocycles. The Bertz CT molecular complexity index is 760. The van der Waals surface area contributed by atoms with E-state index in [0.29, 0.717) is 18.1 Å². The second kappa shape index (κ2) is 7.13. The molecule has 3 rings (SSSR count). The van der Waals surface area contributed by atoms with Crippen LogP contribution in [0.5, 0.6) is 0 Å². The first kappa shape index (κ1) is 14.6. The van der Waals surface area contributed by atoms with Gasteiger partial charge in [0.05, 0.1) is 0 Å². The van der Waals surface area contributed by atoms with E-state index in [1.54, 1.807) is 43.0 Å². The Morgan fingerprint density at radius 3 is 2.30 bits per heavy atom. The highest BCUT2D eigenvalue weighted by molar-refractivity contribution is 5.94. The van der Waals surface area contributed by atoms with Crippen molar-refractivity contribution in [3.63, 3.8) is 0 Å². The number of amides is 1. The number of hydrogen-bond donors (Lipinski definition) is 2. The van der Waals surface area contributed by atoms with E-state index in [1.165, 1.54) is 0 Å². The van der Waals surface area contributed by atoms with Crippen LogP contribution >= 0.6 is 0 Å². The number of nitrogens with one attached hydrogen (secondary N) is 2. The SMILES string of the molecule is O=C(NCc1ccncc1)c1ccc(Nc2ncccn2)cc1. The molecular formula is C17H15N5O. The number of carbonyl (C=O) groups is 1. The lowest BCUT2D eigenvalue weighted by atomic mass is 10.2. The third-order valence-electron chi connectivity index (χ3n) is 3.17. The average molecular weight is 305 g/mol. The van der Waals surface area contributed by atoms with Crippen molar-refractivity contribution in [2.75, 3.05) is 5.32 Å². The Labute approximate surface area is 133 Å². The maximum atomic E-state index is 12.1. The van der Waals surface area contributed by atoms with Crippen LogP contribution in [0.4, 0.5) is 11.6 Å². The van der Waals surface area contributed by atoms with E-state index in [0.717, 1.165) is 11.3 Å². The lowest BCUT2D eigenvalue weighted by Crippen LogP contribution is -2.22. The van der Waals surface area contributed by atoms with Crippen molar-refractivity contribution in [2.24, 2.45) is 0 Å². The second-order valence-corrected chi connectivity index (χ2v) is 4.81. The molecule has 6 heteroatoms. The molecule has 1 aromatic carbocycles. The van der Waals surface area contributed by atoms with E-state index in [9.17, 15) is 4.79 Å². The third kappa shape index (κ3) is 4.10. The highest BCUT2D eigenvalue weighted by Crippen LogP contribution is 2.13. The van der Waals surface area contributed by atoms with Gasteiger partial charge in [0, 0.05) is 42.6 Å². The number of nitrogens with zero attached hydrogens (tertiary/aromatic N) is 3. The first-order valence-electron chi connectivity index (χ1n) is 7.12. The number of carbonyl (C=O) groups excluding carboxylic acids is 1. The van der Waals surface area contributed by atoms with Gasteiger partial charge < -0.3 is 10.6 Å². The summed E-state index contributed by atoms with van der Waals surface area (Å²) in [4.78, 5) is 24.2. The number of rotatable bonds is 5. The summed E-state index contributed by atoms with van der Waals surface area (Å²) >= 11 is 0. The predicted molar refractivity (Wildman–Crippen MR) is 87.2 cm³/mol. The molecule has 114 valence electrons. The van der Waals surface area contributed by atoms with Gasteiger partial charge in [-0.15, -0.1) is 0 Å². The first-order chi connectivity index (χ1) is 11.3. The Hall–Kier alpha value is -3.28. The molecule has 23 heavy (non-hydrogen) atoms. The summed E-state index contributed by atoms with van der Waals surface area (Å²) in [5, 5.41) is 5.94. The Morgan fingerprint density at radius 1 is 0.913 bits per heavy atom. The zero-order valence-corrected chi connectivity index (χ0v) is 12.3. The van der Waals surface area contributed by atoms with Crippen LogP contribution in [0, 0.1) is 0 Å². The van der Waals surface area contributed by atoms with E-state index < -0.39 is 0 Å². The van der Waals surface area contributed by atoms with Gasteiger partial charge in [-0.3, -0.25) is 9.78 Å². The van der Waals surface area contributed by atoms with Gasteiger partial charge in [-0.05, 0) is 48.0 Å². The normalized spacial score (nSPS) is 10.1. The van der Waals surface area contributed by atoms with Crippen molar-refractivity contribution in [1.29, 1.82) is 0 Å². The monoisotopic (exact) mass is 305 g/mol. The van der Waals surface area contributed by atoms with Crippen molar-refractivity contribution in [3.8, 4) is 0 Å². The molecule has 0 saturated carbocycles. The molecule has 0 aliphatic heterocycles. The van der Waals surface area contributed by atoms with Gasteiger partial charge in [-0.1, -0.05) is 0 Å². The lowest BCUT2D eigenvalue weighted by Gasteiger charge is -2.07. The van der Waals surface area contributed by atoms with Gasteiger partial charge in [0.25, 0.3) is 5.91 Å². The molecule has 3 aromatic rings. The fourth-order valence-corrected chi connectivity index (χ4v) is 1.98. The Balaban J connectivity index is 1.59. The van der Waals surface area contributed by atoms with Gasteiger partial charge in [0.2, 0.25) is 5.95 Å². The average Bonchev–Trinajstić information content (AvgIpc) is 2.62. The number of aromatic nitrogens is 3. The molecule has 0 spiro atoms. The van der Waals surface area contributed by atoms with E-state index in [4.69, 9.17) is 0 Å². The summed E-state index contributed by atoms with van der Waals surface area (Å²) < 4.78 is 0. The van der Waals surface area contributed by atoms with Crippen LogP contribution in [-0.2, 0) is 6.54 Å². The summed E-state index contributed by atoms with van der Waals surface area (Å²) in [6.07, 6.45) is 6.73. The van der Waals surface area contributed by atoms with Crippen LogP contribution in [0.15, 0.2) is 67.3 Å². The third-order valence-corrected chi connectivity index (χ3v) is 3.17. The van der Waals surface area contributed by atoms with Crippen molar-refractivity contribution >= 4 is 17.5 Å². The molecule has 0 radical (unpaired) electrons. The van der Waals surface area contributed by atoms with Crippen LogP contribution in [0.3, 0.4) is 0 Å². The van der Waals surface area contributed by atoms with Crippen molar-refractivity contribution < 1.29 is 4.79 Å². The highest BCUT2D eigenvalue weighted by atomic mass is 16.1. The molecular weight excluding hydrogens is 290 g/mol. The van der Waals surface area contributed by atoms with Gasteiger partial charge in [0.15, 0.2) is 0 Å². The molecule has 2 aromatic heterocycles. The number of benzene rings is 1. The van der Waals surface area contributed by atoms with Crippen LogP contribution < -0.4 is 10.6 Å². The molecule has 0 fully saturated rings. The molecule has 0 saturated heterocycles. The summed E-state index contributed by atoms with van der Waals surface area (Å²) in [6.45, 7) is 0.471. The zero-order valence-electron chi connectivity index (χ0n) is 12.3. The maximum absolute atomic E-state index is 12.1. The quantitative estimate of drug-likeness (QED) is 0.757. The van der Waals surface area contributed by atoms with Crippen LogP contribution in [0.2, 0.25) is 0 Å². The molecule has 0 bridgehead atoms. The van der Waals surface area contributed by atoms with Crippen molar-refractivity contribution in [2.45, 2.75) is 6.54 Å². The predicted octanol–water partition coefficient (Wildman–Crippen LogP) is 2.55. The topological polar surface area (TPSA) is 79.8 Å². The van der Waals surface area contributed by atoms with E-state index >= 15 is 0 Å². The fraction of sp³-hybridized carbons (Fsp3) is 0.0588. The largest absolute Gasteiger partial charge is 0.348 e. The first-order valence-corrected chi connectivity index (χ1v) is 7.12. The zero-order chi connectivity index (χ0) is 15.9. The Morgan fingerprint density at radius 2 is 1.61 bits per heavy atom. The summed E-state index contributed by atoms with van der Waals surface area (Å²) in [5.41, 5.74) is 2.42. The number of pyridine rings is 1. The minimum atomic E-state index is -0.121. The van der Waals surface area contributed by atoms with Gasteiger partial charge in [0.1, 0.15) is 0 Å². The van der Waals surface area contributed by atoms with Crippen LogP contribution in [0.25, 0.3) is 0 Å². The van der Waals surface area contributed by atoms with Gasteiger partial charge in [-0.25, -0.2) is 9.97 Å². The van der Waals surface area contributed by atoms with E-state index in [-0.39, 0.29) is 5.91 Å². The summed E-state index contributed by atoms with van der Waals surface area (Å²) in [5.74, 6) is 0.395. The Kier molecular flexibility index (Phi) is 4.54. The molecule has 2 heterocycles. The van der Waals surface area contributed by atoms with Gasteiger partial charge >= 0.3 is 0 Å². The molecule has 0 aliphatic rings. The fourth-order valence-electron chi connectivity index (χ4n) is 1.98. The molecule has 2 N–H and O–H groups in total. The molecule has 0 unspecified atom stereocenters. The van der Waals surface area contributed by atoms with Crippen molar-refractivity contribution in [3.05, 3.63) is 78.4 Å².